The fraction of sp³-hybridized carbons (Fsp3) is 0.778. The number of nitrogens with one attached hydrogen (secondary N) is 1. The van der Waals surface area contributed by atoms with Gasteiger partial charge in [0.25, 0.3) is 0 Å². The number of aliphatic hydroxyl groups is 1. The predicted molar refractivity (Wildman–Crippen MR) is 51.7 cm³/mol. The van der Waals surface area contributed by atoms with Crippen LogP contribution in [0.1, 0.15) is 25.6 Å². The Morgan fingerprint density at radius 3 is 2.93 bits per heavy atom. The molecule has 14 heavy (non-hydrogen) atoms. The quantitative estimate of drug-likeness (QED) is 0.691. The van der Waals surface area contributed by atoms with Crippen molar-refractivity contribution in [3.8, 4) is 0 Å². The Morgan fingerprint density at radius 2 is 2.29 bits per heavy atom. The van der Waals surface area contributed by atoms with Crippen LogP contribution >= 0.6 is 0 Å². The molecule has 78 valence electrons. The summed E-state index contributed by atoms with van der Waals surface area (Å²) in [7, 11) is 0. The van der Waals surface area contributed by atoms with E-state index in [1.54, 1.807) is 6.33 Å². The van der Waals surface area contributed by atoms with Crippen molar-refractivity contribution in [2.24, 2.45) is 0 Å². The number of piperidine rings is 1. The molecule has 1 aliphatic heterocycles. The van der Waals surface area contributed by atoms with Gasteiger partial charge in [-0.05, 0) is 32.9 Å². The zero-order chi connectivity index (χ0) is 10.0. The van der Waals surface area contributed by atoms with Crippen molar-refractivity contribution in [3.63, 3.8) is 0 Å². The second-order valence-corrected chi connectivity index (χ2v) is 3.72. The van der Waals surface area contributed by atoms with Crippen molar-refractivity contribution < 1.29 is 5.11 Å². The normalized spacial score (nSPS) is 21.0. The smallest absolute Gasteiger partial charge is 0.164 e. The molecule has 2 N–H and O–H groups in total. The number of nitrogens with zero attached hydrogens (tertiary/aromatic N) is 3. The van der Waals surface area contributed by atoms with Gasteiger partial charge in [0.2, 0.25) is 0 Å². The molecule has 1 aliphatic rings. The molecule has 2 rings (SSSR count). The van der Waals surface area contributed by atoms with Crippen LogP contribution in [0.5, 0.6) is 0 Å². The zero-order valence-electron chi connectivity index (χ0n) is 8.40. The molecule has 0 bridgehead atoms. The number of rotatable bonds is 2. The van der Waals surface area contributed by atoms with Gasteiger partial charge in [0.05, 0.1) is 0 Å². The molecular formula is C9H16N4O. The van der Waals surface area contributed by atoms with Crippen LogP contribution in [-0.4, -0.2) is 33.0 Å². The molecule has 1 aromatic heterocycles. The van der Waals surface area contributed by atoms with Crippen molar-refractivity contribution >= 4 is 0 Å². The van der Waals surface area contributed by atoms with Gasteiger partial charge in [0.1, 0.15) is 11.9 Å². The van der Waals surface area contributed by atoms with Crippen LogP contribution in [0.3, 0.4) is 0 Å². The highest BCUT2D eigenvalue weighted by molar-refractivity contribution is 5.03. The first-order chi connectivity index (χ1) is 6.76. The van der Waals surface area contributed by atoms with Gasteiger partial charge in [-0.1, -0.05) is 0 Å². The van der Waals surface area contributed by atoms with Gasteiger partial charge in [0, 0.05) is 6.54 Å². The molecule has 0 aromatic carbocycles. The summed E-state index contributed by atoms with van der Waals surface area (Å²) in [6.45, 7) is 4.51. The van der Waals surface area contributed by atoms with Gasteiger partial charge < -0.3 is 15.0 Å². The Bertz CT molecular complexity index is 304. The third-order valence-electron chi connectivity index (χ3n) is 2.80. The molecule has 0 spiro atoms. The second kappa shape index (κ2) is 3.67. The first-order valence-electron chi connectivity index (χ1n) is 5.07. The molecule has 1 saturated heterocycles. The van der Waals surface area contributed by atoms with E-state index < -0.39 is 5.60 Å². The van der Waals surface area contributed by atoms with E-state index in [-0.39, 0.29) is 0 Å². The minimum Gasteiger partial charge on any atom is -0.382 e. The van der Waals surface area contributed by atoms with Crippen molar-refractivity contribution in [1.29, 1.82) is 0 Å². The summed E-state index contributed by atoms with van der Waals surface area (Å²) in [5, 5.41) is 21.5. The zero-order valence-corrected chi connectivity index (χ0v) is 8.40. The maximum Gasteiger partial charge on any atom is 0.164 e. The van der Waals surface area contributed by atoms with E-state index in [0.717, 1.165) is 19.6 Å². The molecule has 1 fully saturated rings. The van der Waals surface area contributed by atoms with Gasteiger partial charge >= 0.3 is 0 Å². The van der Waals surface area contributed by atoms with Crippen LogP contribution in [-0.2, 0) is 12.1 Å². The molecule has 0 aliphatic carbocycles. The summed E-state index contributed by atoms with van der Waals surface area (Å²) in [5.74, 6) is 0.710. The number of aryl methyl sites for hydroxylation is 1. The first kappa shape index (κ1) is 9.61. The first-order valence-corrected chi connectivity index (χ1v) is 5.07. The van der Waals surface area contributed by atoms with Crippen molar-refractivity contribution in [3.05, 3.63) is 12.2 Å². The van der Waals surface area contributed by atoms with E-state index in [2.05, 4.69) is 15.5 Å². The highest BCUT2D eigenvalue weighted by Gasteiger charge is 2.35. The van der Waals surface area contributed by atoms with Gasteiger partial charge in [-0.3, -0.25) is 0 Å². The molecular weight excluding hydrogens is 180 g/mol. The molecule has 2 heterocycles. The van der Waals surface area contributed by atoms with Crippen LogP contribution < -0.4 is 5.32 Å². The third kappa shape index (κ3) is 1.53. The van der Waals surface area contributed by atoms with Gasteiger partial charge in [-0.25, -0.2) is 0 Å². The summed E-state index contributed by atoms with van der Waals surface area (Å²) in [6.07, 6.45) is 3.10. The van der Waals surface area contributed by atoms with Crippen LogP contribution in [0.4, 0.5) is 0 Å². The largest absolute Gasteiger partial charge is 0.382 e. The highest BCUT2D eigenvalue weighted by atomic mass is 16.3. The van der Waals surface area contributed by atoms with Crippen molar-refractivity contribution in [1.82, 2.24) is 20.1 Å². The van der Waals surface area contributed by atoms with E-state index in [1.165, 1.54) is 0 Å². The van der Waals surface area contributed by atoms with Crippen molar-refractivity contribution in [2.45, 2.75) is 31.9 Å². The maximum atomic E-state index is 10.4. The Kier molecular flexibility index (Phi) is 2.52. The fourth-order valence-corrected chi connectivity index (χ4v) is 1.91. The van der Waals surface area contributed by atoms with Gasteiger partial charge in [0.15, 0.2) is 5.82 Å². The van der Waals surface area contributed by atoms with Gasteiger partial charge in [-0.2, -0.15) is 0 Å². The van der Waals surface area contributed by atoms with Crippen LogP contribution in [0.2, 0.25) is 0 Å². The van der Waals surface area contributed by atoms with E-state index in [9.17, 15) is 5.11 Å². The predicted octanol–water partition coefficient (Wildman–Crippen LogP) is -0.131. The molecule has 0 saturated carbocycles. The van der Waals surface area contributed by atoms with Gasteiger partial charge in [-0.15, -0.1) is 10.2 Å². The Labute approximate surface area is 83.2 Å². The average molecular weight is 196 g/mol. The molecule has 5 nitrogen and oxygen atoms in total. The highest BCUT2D eigenvalue weighted by Crippen LogP contribution is 2.28. The lowest BCUT2D eigenvalue weighted by atomic mass is 9.91. The maximum absolute atomic E-state index is 10.4. The topological polar surface area (TPSA) is 63.0 Å². The standard InChI is InChI=1S/C9H16N4O/c1-2-13-7-11-12-8(13)9(14)3-5-10-6-4-9/h7,10,14H,2-6H2,1H3. The minimum absolute atomic E-state index is 0.710. The third-order valence-corrected chi connectivity index (χ3v) is 2.80. The lowest BCUT2D eigenvalue weighted by Gasteiger charge is -2.31. The second-order valence-electron chi connectivity index (χ2n) is 3.72. The number of hydrogen-bond donors (Lipinski definition) is 2. The number of aromatic nitrogens is 3. The summed E-state index contributed by atoms with van der Waals surface area (Å²) in [5.41, 5.74) is -0.780. The SMILES string of the molecule is CCn1cnnc1C1(O)CCNCC1. The Hall–Kier alpha value is -0.940. The molecule has 5 heteroatoms. The van der Waals surface area contributed by atoms with Crippen LogP contribution in [0, 0.1) is 0 Å². The fourth-order valence-electron chi connectivity index (χ4n) is 1.91. The summed E-state index contributed by atoms with van der Waals surface area (Å²) in [4.78, 5) is 0. The average Bonchev–Trinajstić information content (AvgIpc) is 2.67. The molecule has 0 atom stereocenters. The lowest BCUT2D eigenvalue weighted by molar-refractivity contribution is -0.00581. The van der Waals surface area contributed by atoms with Crippen LogP contribution in [0.25, 0.3) is 0 Å². The monoisotopic (exact) mass is 196 g/mol. The molecule has 0 amide bonds. The van der Waals surface area contributed by atoms with E-state index >= 15 is 0 Å². The summed E-state index contributed by atoms with van der Waals surface area (Å²) < 4.78 is 1.91. The minimum atomic E-state index is -0.780. The molecule has 0 unspecified atom stereocenters. The summed E-state index contributed by atoms with van der Waals surface area (Å²) >= 11 is 0. The van der Waals surface area contributed by atoms with E-state index in [0.29, 0.717) is 18.7 Å². The van der Waals surface area contributed by atoms with E-state index in [4.69, 9.17) is 0 Å². The van der Waals surface area contributed by atoms with Crippen LogP contribution in [0.15, 0.2) is 6.33 Å². The summed E-state index contributed by atoms with van der Waals surface area (Å²) in [6, 6.07) is 0. The Balaban J connectivity index is 2.27. The lowest BCUT2D eigenvalue weighted by Crippen LogP contribution is -2.41. The Morgan fingerprint density at radius 1 is 1.57 bits per heavy atom. The van der Waals surface area contributed by atoms with Crippen molar-refractivity contribution in [2.75, 3.05) is 13.1 Å². The number of hydrogen-bond acceptors (Lipinski definition) is 4. The van der Waals surface area contributed by atoms with E-state index in [1.807, 2.05) is 11.5 Å². The molecule has 0 radical (unpaired) electrons. The molecule has 1 aromatic rings.